The molecule has 6 heteroatoms. The van der Waals surface area contributed by atoms with Gasteiger partial charge in [0.2, 0.25) is 0 Å². The largest absolute Gasteiger partial charge is 0.482 e. The number of hydrogen-bond acceptors (Lipinski definition) is 3. The molecule has 0 fully saturated rings. The highest BCUT2D eigenvalue weighted by Gasteiger charge is 2.07. The second-order valence-electron chi connectivity index (χ2n) is 4.76. The molecular weight excluding hydrogens is 332 g/mol. The fraction of sp³-hybridized carbons (Fsp3) is 0.176. The van der Waals surface area contributed by atoms with Crippen molar-refractivity contribution in [3.63, 3.8) is 0 Å². The fourth-order valence-corrected chi connectivity index (χ4v) is 2.28. The van der Waals surface area contributed by atoms with Crippen molar-refractivity contribution >= 4 is 34.8 Å². The first kappa shape index (κ1) is 17.2. The lowest BCUT2D eigenvalue weighted by molar-refractivity contribution is -0.121. The number of benzene rings is 2. The Labute approximate surface area is 145 Å². The summed E-state index contributed by atoms with van der Waals surface area (Å²) in [5, 5.41) is 6.31. The predicted octanol–water partition coefficient (Wildman–Crippen LogP) is 2.95. The van der Waals surface area contributed by atoms with Crippen LogP contribution in [-0.4, -0.2) is 24.2 Å². The number of ether oxygens (including phenoxy) is 1. The average molecular weight is 349 g/mol. The topological polar surface area (TPSA) is 50.4 Å². The van der Waals surface area contributed by atoms with Crippen molar-refractivity contribution < 1.29 is 9.53 Å². The van der Waals surface area contributed by atoms with E-state index in [1.54, 1.807) is 24.3 Å². The number of rotatable bonds is 6. The van der Waals surface area contributed by atoms with Crippen LogP contribution in [0.25, 0.3) is 0 Å². The summed E-state index contributed by atoms with van der Waals surface area (Å²) in [6.07, 6.45) is 0.826. The number of thiocarbonyl (C=S) groups is 1. The van der Waals surface area contributed by atoms with Crippen LogP contribution in [-0.2, 0) is 11.2 Å². The molecule has 0 spiro atoms. The van der Waals surface area contributed by atoms with E-state index in [1.165, 1.54) is 5.56 Å². The summed E-state index contributed by atoms with van der Waals surface area (Å²) in [5.74, 6) is 0.134. The van der Waals surface area contributed by atoms with E-state index in [2.05, 4.69) is 10.6 Å². The van der Waals surface area contributed by atoms with Gasteiger partial charge in [-0.05, 0) is 36.3 Å². The first-order chi connectivity index (χ1) is 11.1. The van der Waals surface area contributed by atoms with Crippen LogP contribution >= 0.6 is 23.8 Å². The molecule has 0 heterocycles. The normalized spacial score (nSPS) is 9.96. The Morgan fingerprint density at radius 1 is 1.09 bits per heavy atom. The molecule has 2 N–H and O–H groups in total. The zero-order valence-electron chi connectivity index (χ0n) is 12.4. The van der Waals surface area contributed by atoms with Crippen LogP contribution in [0.1, 0.15) is 5.56 Å². The molecule has 0 aliphatic rings. The monoisotopic (exact) mass is 348 g/mol. The van der Waals surface area contributed by atoms with Crippen molar-refractivity contribution in [3.05, 3.63) is 65.2 Å². The minimum absolute atomic E-state index is 0.149. The Hall–Kier alpha value is -2.11. The Kier molecular flexibility index (Phi) is 6.84. The molecule has 0 saturated heterocycles. The van der Waals surface area contributed by atoms with Crippen molar-refractivity contribution in [3.8, 4) is 5.75 Å². The highest BCUT2D eigenvalue weighted by atomic mass is 35.5. The van der Waals surface area contributed by atoms with Gasteiger partial charge in [-0.3, -0.25) is 4.79 Å². The Balaban J connectivity index is 1.66. The van der Waals surface area contributed by atoms with Crippen LogP contribution in [0.5, 0.6) is 5.75 Å². The van der Waals surface area contributed by atoms with E-state index in [0.717, 1.165) is 6.42 Å². The average Bonchev–Trinajstić information content (AvgIpc) is 2.55. The second-order valence-corrected chi connectivity index (χ2v) is 5.57. The number of amides is 1. The Morgan fingerprint density at radius 2 is 1.78 bits per heavy atom. The van der Waals surface area contributed by atoms with Gasteiger partial charge in [0.05, 0.1) is 5.02 Å². The summed E-state index contributed by atoms with van der Waals surface area (Å²) in [7, 11) is 0. The van der Waals surface area contributed by atoms with Crippen molar-refractivity contribution in [2.75, 3.05) is 13.2 Å². The van der Waals surface area contributed by atoms with Crippen LogP contribution in [0, 0.1) is 0 Å². The summed E-state index contributed by atoms with van der Waals surface area (Å²) in [4.78, 5) is 11.8. The second kappa shape index (κ2) is 9.12. The number of halogens is 1. The van der Waals surface area contributed by atoms with Crippen LogP contribution < -0.4 is 15.4 Å². The molecule has 0 aliphatic carbocycles. The number of nitrogens with one attached hydrogen (secondary N) is 2. The molecule has 2 rings (SSSR count). The molecule has 2 aromatic carbocycles. The lowest BCUT2D eigenvalue weighted by Crippen LogP contribution is -2.42. The summed E-state index contributed by atoms with van der Waals surface area (Å²) >= 11 is 11.0. The lowest BCUT2D eigenvalue weighted by Gasteiger charge is -2.11. The first-order valence-electron chi connectivity index (χ1n) is 7.14. The third kappa shape index (κ3) is 6.26. The smallest absolute Gasteiger partial charge is 0.264 e. The minimum atomic E-state index is -0.331. The third-order valence-electron chi connectivity index (χ3n) is 2.99. The molecule has 23 heavy (non-hydrogen) atoms. The van der Waals surface area contributed by atoms with Crippen molar-refractivity contribution in [2.24, 2.45) is 0 Å². The SMILES string of the molecule is O=C(COc1ccccc1Cl)NC(=S)NCCc1ccccc1. The van der Waals surface area contributed by atoms with Gasteiger partial charge in [0, 0.05) is 6.54 Å². The number of carbonyl (C=O) groups excluding carboxylic acids is 1. The predicted molar refractivity (Wildman–Crippen MR) is 95.8 cm³/mol. The molecule has 1 amide bonds. The molecule has 0 radical (unpaired) electrons. The molecule has 0 saturated carbocycles. The van der Waals surface area contributed by atoms with E-state index in [1.807, 2.05) is 30.3 Å². The highest BCUT2D eigenvalue weighted by molar-refractivity contribution is 7.80. The lowest BCUT2D eigenvalue weighted by atomic mass is 10.1. The van der Waals surface area contributed by atoms with Crippen LogP contribution in [0.3, 0.4) is 0 Å². The van der Waals surface area contributed by atoms with Crippen LogP contribution in [0.4, 0.5) is 0 Å². The summed E-state index contributed by atoms with van der Waals surface area (Å²) in [6.45, 7) is 0.499. The summed E-state index contributed by atoms with van der Waals surface area (Å²) in [6, 6.07) is 17.0. The number of carbonyl (C=O) groups is 1. The molecule has 0 bridgehead atoms. The van der Waals surface area contributed by atoms with Crippen molar-refractivity contribution in [1.29, 1.82) is 0 Å². The Morgan fingerprint density at radius 3 is 2.52 bits per heavy atom. The molecular formula is C17H17ClN2O2S. The molecule has 0 atom stereocenters. The molecule has 0 unspecified atom stereocenters. The minimum Gasteiger partial charge on any atom is -0.482 e. The van der Waals surface area contributed by atoms with Gasteiger partial charge in [-0.2, -0.15) is 0 Å². The molecule has 120 valence electrons. The zero-order chi connectivity index (χ0) is 16.5. The fourth-order valence-electron chi connectivity index (χ4n) is 1.88. The van der Waals surface area contributed by atoms with Gasteiger partial charge in [-0.15, -0.1) is 0 Å². The van der Waals surface area contributed by atoms with Gasteiger partial charge in [-0.1, -0.05) is 54.1 Å². The maximum absolute atomic E-state index is 11.8. The van der Waals surface area contributed by atoms with E-state index in [9.17, 15) is 4.79 Å². The Bertz CT molecular complexity index is 665. The molecule has 2 aromatic rings. The number of hydrogen-bond donors (Lipinski definition) is 2. The number of para-hydroxylation sites is 1. The van der Waals surface area contributed by atoms with E-state index in [4.69, 9.17) is 28.6 Å². The van der Waals surface area contributed by atoms with Gasteiger partial charge in [-0.25, -0.2) is 0 Å². The van der Waals surface area contributed by atoms with E-state index in [-0.39, 0.29) is 17.6 Å². The van der Waals surface area contributed by atoms with E-state index >= 15 is 0 Å². The molecule has 4 nitrogen and oxygen atoms in total. The maximum atomic E-state index is 11.8. The highest BCUT2D eigenvalue weighted by Crippen LogP contribution is 2.22. The standard InChI is InChI=1S/C17H17ClN2O2S/c18-14-8-4-5-9-15(14)22-12-16(21)20-17(23)19-11-10-13-6-2-1-3-7-13/h1-9H,10-12H2,(H2,19,20,21,23). The first-order valence-corrected chi connectivity index (χ1v) is 7.92. The van der Waals surface area contributed by atoms with Gasteiger partial charge >= 0.3 is 0 Å². The van der Waals surface area contributed by atoms with E-state index < -0.39 is 0 Å². The van der Waals surface area contributed by atoms with Gasteiger partial charge in [0.25, 0.3) is 5.91 Å². The summed E-state index contributed by atoms with van der Waals surface area (Å²) in [5.41, 5.74) is 1.20. The molecule has 0 aliphatic heterocycles. The van der Waals surface area contributed by atoms with E-state index in [0.29, 0.717) is 17.3 Å². The molecule has 0 aromatic heterocycles. The van der Waals surface area contributed by atoms with Crippen LogP contribution in [0.2, 0.25) is 5.02 Å². The van der Waals surface area contributed by atoms with Crippen LogP contribution in [0.15, 0.2) is 54.6 Å². The quantitative estimate of drug-likeness (QED) is 0.788. The maximum Gasteiger partial charge on any atom is 0.264 e. The summed E-state index contributed by atoms with van der Waals surface area (Å²) < 4.78 is 5.34. The third-order valence-corrected chi connectivity index (χ3v) is 3.55. The van der Waals surface area contributed by atoms with Gasteiger partial charge in [0.1, 0.15) is 5.75 Å². The van der Waals surface area contributed by atoms with Crippen molar-refractivity contribution in [1.82, 2.24) is 10.6 Å². The zero-order valence-corrected chi connectivity index (χ0v) is 14.0. The van der Waals surface area contributed by atoms with Gasteiger partial charge < -0.3 is 15.4 Å². The van der Waals surface area contributed by atoms with Crippen molar-refractivity contribution in [2.45, 2.75) is 6.42 Å². The van der Waals surface area contributed by atoms with Gasteiger partial charge in [0.15, 0.2) is 11.7 Å².